The van der Waals surface area contributed by atoms with Crippen LogP contribution in [0.1, 0.15) is 19.0 Å². The van der Waals surface area contributed by atoms with E-state index in [1.165, 1.54) is 6.20 Å². The van der Waals surface area contributed by atoms with Crippen LogP contribution >= 0.6 is 0 Å². The minimum Gasteiger partial charge on any atom is -0.495 e. The van der Waals surface area contributed by atoms with Gasteiger partial charge in [0.1, 0.15) is 5.76 Å². The zero-order chi connectivity index (χ0) is 13.1. The Labute approximate surface area is 105 Å². The minimum absolute atomic E-state index is 0.494. The van der Waals surface area contributed by atoms with Crippen LogP contribution in [-0.2, 0) is 4.74 Å². The first kappa shape index (κ1) is 12.6. The zero-order valence-corrected chi connectivity index (χ0v) is 10.2. The van der Waals surface area contributed by atoms with E-state index in [1.807, 2.05) is 6.92 Å². The van der Waals surface area contributed by atoms with Crippen LogP contribution in [0.25, 0.3) is 5.57 Å². The Morgan fingerprint density at radius 1 is 1.50 bits per heavy atom. The smallest absolute Gasteiger partial charge is 0.495 e. The summed E-state index contributed by atoms with van der Waals surface area (Å²) in [6, 6.07) is 3.28. The third-order valence-electron chi connectivity index (χ3n) is 2.81. The number of hydrogen-bond acceptors (Lipinski definition) is 2. The highest BCUT2D eigenvalue weighted by Gasteiger charge is 2.22. The summed E-state index contributed by atoms with van der Waals surface area (Å²) in [6.45, 7) is 1.92. The van der Waals surface area contributed by atoms with Crippen LogP contribution in [-0.4, -0.2) is 25.2 Å². The van der Waals surface area contributed by atoms with Crippen molar-refractivity contribution in [3.63, 3.8) is 0 Å². The molecule has 0 saturated carbocycles. The molecule has 0 aliphatic carbocycles. The SMILES string of the molecule is CC/C(=C1\C=C(OC)C=N1)c1cccn1B(F)F. The van der Waals surface area contributed by atoms with Gasteiger partial charge in [-0.3, -0.25) is 13.6 Å². The third-order valence-corrected chi connectivity index (χ3v) is 2.81. The lowest BCUT2D eigenvalue weighted by atomic mass is 10.1. The molecule has 0 spiro atoms. The normalized spacial score (nSPS) is 16.8. The Kier molecular flexibility index (Phi) is 3.65. The van der Waals surface area contributed by atoms with Crippen LogP contribution in [0.4, 0.5) is 8.63 Å². The molecule has 1 aliphatic rings. The van der Waals surface area contributed by atoms with E-state index < -0.39 is 7.40 Å². The lowest BCUT2D eigenvalue weighted by molar-refractivity contribution is 0.318. The van der Waals surface area contributed by atoms with E-state index in [4.69, 9.17) is 4.74 Å². The van der Waals surface area contributed by atoms with E-state index in [9.17, 15) is 8.63 Å². The Hall–Kier alpha value is -1.85. The molecule has 0 saturated heterocycles. The second-order valence-electron chi connectivity index (χ2n) is 3.80. The molecular weight excluding hydrogens is 237 g/mol. The van der Waals surface area contributed by atoms with Crippen molar-refractivity contribution in [2.75, 3.05) is 7.11 Å². The van der Waals surface area contributed by atoms with Gasteiger partial charge in [0.05, 0.1) is 19.0 Å². The highest BCUT2D eigenvalue weighted by atomic mass is 19.2. The molecule has 2 heterocycles. The lowest BCUT2D eigenvalue weighted by Gasteiger charge is -2.09. The molecule has 3 nitrogen and oxygen atoms in total. The number of ether oxygens (including phenoxy) is 1. The monoisotopic (exact) mass is 250 g/mol. The second-order valence-corrected chi connectivity index (χ2v) is 3.80. The molecule has 1 aromatic heterocycles. The van der Waals surface area contributed by atoms with Crippen LogP contribution in [0.2, 0.25) is 0 Å². The van der Waals surface area contributed by atoms with Crippen LogP contribution in [0, 0.1) is 0 Å². The van der Waals surface area contributed by atoms with Gasteiger partial charge in [-0.2, -0.15) is 0 Å². The minimum atomic E-state index is -2.55. The second kappa shape index (κ2) is 5.20. The van der Waals surface area contributed by atoms with Crippen molar-refractivity contribution in [1.29, 1.82) is 0 Å². The predicted molar refractivity (Wildman–Crippen MR) is 68.6 cm³/mol. The van der Waals surface area contributed by atoms with Crippen LogP contribution < -0.4 is 0 Å². The first-order valence-electron chi connectivity index (χ1n) is 5.65. The molecule has 18 heavy (non-hydrogen) atoms. The Balaban J connectivity index is 2.47. The Morgan fingerprint density at radius 2 is 2.28 bits per heavy atom. The van der Waals surface area contributed by atoms with Crippen molar-refractivity contribution in [3.05, 3.63) is 41.6 Å². The molecule has 0 radical (unpaired) electrons. The van der Waals surface area contributed by atoms with Crippen LogP contribution in [0.3, 0.4) is 0 Å². The molecule has 94 valence electrons. The summed E-state index contributed by atoms with van der Waals surface area (Å²) in [5.41, 5.74) is 1.95. The van der Waals surface area contributed by atoms with E-state index in [2.05, 4.69) is 4.99 Å². The van der Waals surface area contributed by atoms with E-state index in [1.54, 1.807) is 31.5 Å². The van der Waals surface area contributed by atoms with Gasteiger partial charge in [0.2, 0.25) is 0 Å². The fraction of sp³-hybridized carbons (Fsp3) is 0.250. The maximum Gasteiger partial charge on any atom is 0.677 e. The number of nitrogens with zero attached hydrogens (tertiary/aromatic N) is 2. The van der Waals surface area contributed by atoms with E-state index >= 15 is 0 Å². The summed E-state index contributed by atoms with van der Waals surface area (Å²) in [5.74, 6) is 0.631. The summed E-state index contributed by atoms with van der Waals surface area (Å²) < 4.78 is 31.7. The van der Waals surface area contributed by atoms with Crippen LogP contribution in [0.15, 0.2) is 40.9 Å². The summed E-state index contributed by atoms with van der Waals surface area (Å²) in [6.07, 6.45) is 5.33. The number of halogens is 2. The van der Waals surface area contributed by atoms with Gasteiger partial charge in [-0.1, -0.05) is 6.92 Å². The number of aliphatic imine (C=N–C) groups is 1. The average molecular weight is 250 g/mol. The van der Waals surface area contributed by atoms with Gasteiger partial charge < -0.3 is 9.21 Å². The maximum atomic E-state index is 12.8. The van der Waals surface area contributed by atoms with Gasteiger partial charge in [0, 0.05) is 17.3 Å². The highest BCUT2D eigenvalue weighted by Crippen LogP contribution is 2.27. The zero-order valence-electron chi connectivity index (χ0n) is 10.2. The van der Waals surface area contributed by atoms with Gasteiger partial charge in [0.15, 0.2) is 0 Å². The number of rotatable bonds is 4. The summed E-state index contributed by atoms with van der Waals surface area (Å²) >= 11 is 0. The maximum absolute atomic E-state index is 12.8. The number of methoxy groups -OCH3 is 1. The van der Waals surface area contributed by atoms with Crippen molar-refractivity contribution >= 4 is 19.2 Å². The third kappa shape index (κ3) is 2.23. The molecule has 2 rings (SSSR count). The van der Waals surface area contributed by atoms with Crippen molar-refractivity contribution in [1.82, 2.24) is 4.48 Å². The topological polar surface area (TPSA) is 26.5 Å². The van der Waals surface area contributed by atoms with Crippen molar-refractivity contribution in [3.8, 4) is 0 Å². The molecule has 0 bridgehead atoms. The molecule has 6 heteroatoms. The van der Waals surface area contributed by atoms with Crippen LogP contribution in [0.5, 0.6) is 0 Å². The number of hydrogen-bond donors (Lipinski definition) is 0. The summed E-state index contributed by atoms with van der Waals surface area (Å²) in [7, 11) is -0.998. The molecule has 0 amide bonds. The predicted octanol–water partition coefficient (Wildman–Crippen LogP) is 3.00. The van der Waals surface area contributed by atoms with E-state index in [-0.39, 0.29) is 0 Å². The summed E-state index contributed by atoms with van der Waals surface area (Å²) in [4.78, 5) is 4.19. The summed E-state index contributed by atoms with van der Waals surface area (Å²) in [5, 5.41) is 0. The lowest BCUT2D eigenvalue weighted by Crippen LogP contribution is -2.14. The van der Waals surface area contributed by atoms with E-state index in [0.29, 0.717) is 23.6 Å². The van der Waals surface area contributed by atoms with Crippen molar-refractivity contribution < 1.29 is 13.4 Å². The Bertz CT molecular complexity index is 532. The average Bonchev–Trinajstić information content (AvgIpc) is 2.98. The molecule has 0 atom stereocenters. The van der Waals surface area contributed by atoms with Gasteiger partial charge in [-0.15, -0.1) is 0 Å². The van der Waals surface area contributed by atoms with Crippen molar-refractivity contribution in [2.45, 2.75) is 13.3 Å². The number of aromatic nitrogens is 1. The molecule has 0 fully saturated rings. The fourth-order valence-electron chi connectivity index (χ4n) is 1.93. The van der Waals surface area contributed by atoms with Gasteiger partial charge in [-0.05, 0) is 24.8 Å². The molecular formula is C12H13BF2N2O. The molecule has 1 aliphatic heterocycles. The molecule has 1 aromatic rings. The molecule has 0 N–H and O–H groups in total. The largest absolute Gasteiger partial charge is 0.677 e. The van der Waals surface area contributed by atoms with Gasteiger partial charge in [0.25, 0.3) is 0 Å². The number of allylic oxidation sites excluding steroid dienone is 3. The first-order chi connectivity index (χ1) is 8.67. The van der Waals surface area contributed by atoms with Gasteiger partial charge >= 0.3 is 7.40 Å². The molecule has 0 aromatic carbocycles. The van der Waals surface area contributed by atoms with Gasteiger partial charge in [-0.25, -0.2) is 0 Å². The quantitative estimate of drug-likeness (QED) is 0.754. The standard InChI is InChI=1S/C12H13BF2N2O/c1-3-10(11-7-9(18-2)8-16-11)12-5-4-6-17(12)13(14)15/h4-8H,3H2,1-2H3/b11-10-. The first-order valence-corrected chi connectivity index (χ1v) is 5.65. The Morgan fingerprint density at radius 3 is 2.83 bits per heavy atom. The highest BCUT2D eigenvalue weighted by molar-refractivity contribution is 6.41. The molecule has 0 unspecified atom stereocenters. The van der Waals surface area contributed by atoms with Crippen molar-refractivity contribution in [2.24, 2.45) is 4.99 Å². The van der Waals surface area contributed by atoms with E-state index in [0.717, 1.165) is 10.1 Å². The fourth-order valence-corrected chi connectivity index (χ4v) is 1.93.